The molecule has 1 spiro atoms. The standard InChI is InChI=1S/C24H30FN7O5/c1-6-17-32(37-17)13-31(32)22-28-19(14-7-8-16(15(25)11-14)27-23(34)26-4)18-20(29-22)36-24(2,3)12-30(21(18)33)9-10-35-5/h7-8,11,17H,6,9-10,12-13H2,1-5H3,(H-,26,27,28,29,33,34)/p+1. The fraction of sp³-hybridized carbons (Fsp3) is 0.500. The van der Waals surface area contributed by atoms with Crippen molar-refractivity contribution in [2.45, 2.75) is 39.0 Å². The lowest BCUT2D eigenvalue weighted by atomic mass is 10.0. The number of benzene rings is 1. The van der Waals surface area contributed by atoms with E-state index in [1.165, 1.54) is 19.2 Å². The first-order chi connectivity index (χ1) is 17.6. The first-order valence-electron chi connectivity index (χ1n) is 12.1. The summed E-state index contributed by atoms with van der Waals surface area (Å²) in [6, 6.07) is 3.70. The van der Waals surface area contributed by atoms with Gasteiger partial charge in [-0.25, -0.2) is 14.2 Å². The number of rotatable bonds is 7. The fourth-order valence-corrected chi connectivity index (χ4v) is 4.59. The molecule has 4 heterocycles. The second kappa shape index (κ2) is 9.08. The van der Waals surface area contributed by atoms with Crippen LogP contribution in [-0.2, 0) is 9.57 Å². The van der Waals surface area contributed by atoms with E-state index in [2.05, 4.69) is 15.6 Å². The first-order valence-corrected chi connectivity index (χ1v) is 12.1. The summed E-state index contributed by atoms with van der Waals surface area (Å²) in [6.45, 7) is 7.33. The molecule has 1 aromatic carbocycles. The van der Waals surface area contributed by atoms with Crippen molar-refractivity contribution in [2.75, 3.05) is 50.8 Å². The van der Waals surface area contributed by atoms with Crippen LogP contribution < -0.4 is 20.4 Å². The van der Waals surface area contributed by atoms with Crippen molar-refractivity contribution in [1.29, 1.82) is 0 Å². The van der Waals surface area contributed by atoms with Gasteiger partial charge in [-0.2, -0.15) is 4.98 Å². The molecule has 3 amide bonds. The van der Waals surface area contributed by atoms with Crippen LogP contribution in [0.15, 0.2) is 18.2 Å². The largest absolute Gasteiger partial charge is 0.469 e. The van der Waals surface area contributed by atoms with Crippen LogP contribution in [0.5, 0.6) is 5.88 Å². The molecule has 5 rings (SSSR count). The van der Waals surface area contributed by atoms with Crippen LogP contribution in [0.4, 0.5) is 20.8 Å². The zero-order valence-electron chi connectivity index (χ0n) is 21.5. The third-order valence-corrected chi connectivity index (χ3v) is 6.54. The van der Waals surface area contributed by atoms with Gasteiger partial charge in [0.2, 0.25) is 5.88 Å². The zero-order chi connectivity index (χ0) is 26.5. The highest BCUT2D eigenvalue weighted by Crippen LogP contribution is 2.51. The van der Waals surface area contributed by atoms with E-state index in [0.717, 1.165) is 6.42 Å². The van der Waals surface area contributed by atoms with Gasteiger partial charge in [-0.05, 0) is 30.7 Å². The molecule has 13 heteroatoms. The minimum Gasteiger partial charge on any atom is -0.469 e. The number of hydroxylamine groups is 2. The Hall–Kier alpha value is -3.55. The van der Waals surface area contributed by atoms with Crippen LogP contribution in [0.25, 0.3) is 11.3 Å². The lowest BCUT2D eigenvalue weighted by molar-refractivity contribution is -0.800. The molecule has 0 bridgehead atoms. The summed E-state index contributed by atoms with van der Waals surface area (Å²) in [4.78, 5) is 42.3. The average molecular weight is 517 g/mol. The molecular weight excluding hydrogens is 485 g/mol. The number of methoxy groups -OCH3 is 1. The molecule has 2 aromatic rings. The van der Waals surface area contributed by atoms with Gasteiger partial charge in [-0.15, -0.1) is 4.84 Å². The van der Waals surface area contributed by atoms with E-state index >= 15 is 4.39 Å². The van der Waals surface area contributed by atoms with Crippen molar-refractivity contribution in [3.8, 4) is 17.1 Å². The maximum Gasteiger partial charge on any atom is 0.319 e. The number of halogens is 1. The Morgan fingerprint density at radius 2 is 2.14 bits per heavy atom. The van der Waals surface area contributed by atoms with Crippen LogP contribution in [0.2, 0.25) is 0 Å². The van der Waals surface area contributed by atoms with Gasteiger partial charge in [-0.1, -0.05) is 18.0 Å². The highest BCUT2D eigenvalue weighted by molar-refractivity contribution is 6.03. The Morgan fingerprint density at radius 3 is 2.78 bits per heavy atom. The highest BCUT2D eigenvalue weighted by atomic mass is 19.1. The van der Waals surface area contributed by atoms with E-state index in [0.29, 0.717) is 42.6 Å². The molecule has 198 valence electrons. The number of carbonyl (C=O) groups excluding carboxylic acids is 2. The molecule has 1 aromatic heterocycles. The summed E-state index contributed by atoms with van der Waals surface area (Å²) in [7, 11) is 3.00. The van der Waals surface area contributed by atoms with Crippen LogP contribution >= 0.6 is 0 Å². The first kappa shape index (κ1) is 25.1. The molecule has 0 saturated carbocycles. The molecule has 2 unspecified atom stereocenters. The van der Waals surface area contributed by atoms with Crippen LogP contribution in [0, 0.1) is 5.82 Å². The molecule has 2 saturated heterocycles. The Morgan fingerprint density at radius 1 is 1.35 bits per heavy atom. The molecule has 12 nitrogen and oxygen atoms in total. The minimum atomic E-state index is -0.752. The maximum atomic E-state index is 15.0. The number of nitrogens with one attached hydrogen (secondary N) is 2. The number of aromatic nitrogens is 2. The number of amides is 3. The Labute approximate surface area is 213 Å². The second-order valence-electron chi connectivity index (χ2n) is 9.80. The summed E-state index contributed by atoms with van der Waals surface area (Å²) < 4.78 is 26.8. The monoisotopic (exact) mass is 516 g/mol. The number of nitrogens with zero attached hydrogens (tertiary/aromatic N) is 5. The third-order valence-electron chi connectivity index (χ3n) is 6.54. The molecule has 37 heavy (non-hydrogen) atoms. The average Bonchev–Trinajstić information content (AvgIpc) is 3.77. The number of anilines is 2. The van der Waals surface area contributed by atoms with E-state index in [4.69, 9.17) is 19.3 Å². The molecule has 3 aliphatic heterocycles. The van der Waals surface area contributed by atoms with Gasteiger partial charge >= 0.3 is 12.3 Å². The summed E-state index contributed by atoms with van der Waals surface area (Å²) in [5.74, 6) is -0.560. The molecule has 0 aliphatic carbocycles. The minimum absolute atomic E-state index is 0.00682. The number of urea groups is 1. The van der Waals surface area contributed by atoms with Crippen LogP contribution in [-0.4, -0.2) is 83.9 Å². The van der Waals surface area contributed by atoms with E-state index in [1.807, 2.05) is 25.8 Å². The number of ether oxygens (including phenoxy) is 2. The third kappa shape index (κ3) is 4.54. The maximum absolute atomic E-state index is 15.0. The summed E-state index contributed by atoms with van der Waals surface area (Å²) in [5.41, 5.74) is -0.0418. The van der Waals surface area contributed by atoms with E-state index in [9.17, 15) is 9.59 Å². The van der Waals surface area contributed by atoms with Crippen molar-refractivity contribution in [2.24, 2.45) is 0 Å². The zero-order valence-corrected chi connectivity index (χ0v) is 21.5. The van der Waals surface area contributed by atoms with Gasteiger partial charge in [0.05, 0.1) is 24.5 Å². The SMILES string of the molecule is CCC1O[N+]12CN2c1nc2c(c(-c3ccc(NC(=O)NC)c(F)c3)n1)C(=O)N(CCOC)CC(C)(C)O2. The highest BCUT2D eigenvalue weighted by Gasteiger charge is 2.79. The van der Waals surface area contributed by atoms with Crippen molar-refractivity contribution in [3.63, 3.8) is 0 Å². The van der Waals surface area contributed by atoms with Gasteiger partial charge in [0.25, 0.3) is 18.5 Å². The van der Waals surface area contributed by atoms with Crippen molar-refractivity contribution in [1.82, 2.24) is 20.2 Å². The van der Waals surface area contributed by atoms with Gasteiger partial charge in [0.1, 0.15) is 17.0 Å². The van der Waals surface area contributed by atoms with Crippen LogP contribution in [0.1, 0.15) is 37.6 Å². The van der Waals surface area contributed by atoms with Gasteiger partial charge in [0, 0.05) is 32.7 Å². The molecular formula is C24H31FN7O5+. The Kier molecular flexibility index (Phi) is 6.16. The Balaban J connectivity index is 1.62. The van der Waals surface area contributed by atoms with Crippen molar-refractivity contribution in [3.05, 3.63) is 29.6 Å². The topological polar surface area (TPSA) is 121 Å². The van der Waals surface area contributed by atoms with Crippen LogP contribution in [0.3, 0.4) is 0 Å². The number of hydrogen-bond donors (Lipinski definition) is 2. The molecule has 0 radical (unpaired) electrons. The molecule has 2 atom stereocenters. The lowest BCUT2D eigenvalue weighted by Crippen LogP contribution is -2.44. The van der Waals surface area contributed by atoms with Crippen molar-refractivity contribution >= 4 is 23.6 Å². The summed E-state index contributed by atoms with van der Waals surface area (Å²) in [6.07, 6.45) is 0.859. The van der Waals surface area contributed by atoms with Gasteiger partial charge in [0.15, 0.2) is 0 Å². The molecule has 3 aliphatic rings. The Bertz CT molecular complexity index is 1260. The number of fused-ring (bicyclic) bond motifs is 1. The van der Waals surface area contributed by atoms with E-state index in [1.54, 1.807) is 18.1 Å². The second-order valence-corrected chi connectivity index (χ2v) is 9.80. The normalized spacial score (nSPS) is 23.3. The van der Waals surface area contributed by atoms with E-state index < -0.39 is 17.4 Å². The van der Waals surface area contributed by atoms with Gasteiger partial charge < -0.3 is 25.0 Å². The molecule has 2 fully saturated rings. The molecule has 2 N–H and O–H groups in total. The quantitative estimate of drug-likeness (QED) is 0.425. The van der Waals surface area contributed by atoms with Gasteiger partial charge in [-0.3, -0.25) is 4.79 Å². The predicted molar refractivity (Wildman–Crippen MR) is 131 cm³/mol. The summed E-state index contributed by atoms with van der Waals surface area (Å²) >= 11 is 0. The number of hydrogen-bond acceptors (Lipinski definition) is 8. The van der Waals surface area contributed by atoms with Crippen molar-refractivity contribution < 1.29 is 33.0 Å². The van der Waals surface area contributed by atoms with E-state index in [-0.39, 0.29) is 35.0 Å². The lowest BCUT2D eigenvalue weighted by Gasteiger charge is -2.29. The number of quaternary nitrogens is 1. The number of carbonyl (C=O) groups is 2. The fourth-order valence-electron chi connectivity index (χ4n) is 4.59. The predicted octanol–water partition coefficient (Wildman–Crippen LogP) is 2.48. The summed E-state index contributed by atoms with van der Waals surface area (Å²) in [5, 5.41) is 6.68. The smallest absolute Gasteiger partial charge is 0.319 e.